The van der Waals surface area contributed by atoms with Gasteiger partial charge in [0.2, 0.25) is 6.29 Å². The molecule has 2 N–H and O–H groups in total. The van der Waals surface area contributed by atoms with Crippen LogP contribution in [0, 0.1) is 0 Å². The highest BCUT2D eigenvalue weighted by atomic mass is 16.7. The summed E-state index contributed by atoms with van der Waals surface area (Å²) in [5.74, 6) is 2.01. The molecule has 0 saturated heterocycles. The van der Waals surface area contributed by atoms with Crippen molar-refractivity contribution < 1.29 is 29.2 Å². The molecule has 0 aromatic heterocycles. The van der Waals surface area contributed by atoms with Crippen molar-refractivity contribution in [3.63, 3.8) is 0 Å². The van der Waals surface area contributed by atoms with Gasteiger partial charge in [0.05, 0.1) is 18.3 Å². The van der Waals surface area contributed by atoms with Crippen LogP contribution in [0.4, 0.5) is 0 Å². The molecule has 0 amide bonds. The standard InChI is InChI=1S/C27H34O6/c1-17(28)19(3)30-24-14-15-25-22(16-24)10-9-13-26(25)33-27(32-20(4)18(2)29)21(5)31-23-11-7-6-8-12-23/h6-21,27-29H,1-5H3. The summed E-state index contributed by atoms with van der Waals surface area (Å²) in [4.78, 5) is 0. The molecule has 178 valence electrons. The summed E-state index contributed by atoms with van der Waals surface area (Å²) in [6.07, 6.45) is -3.21. The number of hydrogen-bond acceptors (Lipinski definition) is 6. The number of para-hydroxylation sites is 1. The quantitative estimate of drug-likeness (QED) is 0.400. The summed E-state index contributed by atoms with van der Waals surface area (Å²) < 4.78 is 24.2. The van der Waals surface area contributed by atoms with E-state index >= 15 is 0 Å². The zero-order valence-electron chi connectivity index (χ0n) is 19.8. The molecule has 0 radical (unpaired) electrons. The van der Waals surface area contributed by atoms with Crippen molar-refractivity contribution in [2.45, 2.75) is 71.4 Å². The maximum Gasteiger partial charge on any atom is 0.237 e. The molecule has 6 heteroatoms. The molecule has 0 saturated carbocycles. The molecule has 33 heavy (non-hydrogen) atoms. The molecule has 3 rings (SSSR count). The number of fused-ring (bicyclic) bond motifs is 1. The molecule has 3 aromatic rings. The number of rotatable bonds is 11. The number of aliphatic hydroxyl groups excluding tert-OH is 2. The first kappa shape index (κ1) is 24.8. The van der Waals surface area contributed by atoms with Crippen molar-refractivity contribution in [3.05, 3.63) is 66.7 Å². The number of aliphatic hydroxyl groups is 2. The van der Waals surface area contributed by atoms with Crippen LogP contribution in [0.15, 0.2) is 66.7 Å². The SMILES string of the molecule is CC(O)C(C)Oc1ccc2c(OC(OC(C)C(C)O)C(C)Oc3ccccc3)cccc2c1. The van der Waals surface area contributed by atoms with Crippen LogP contribution in [-0.2, 0) is 4.74 Å². The molecule has 0 aliphatic heterocycles. The van der Waals surface area contributed by atoms with Gasteiger partial charge in [0, 0.05) is 5.39 Å². The lowest BCUT2D eigenvalue weighted by atomic mass is 10.1. The van der Waals surface area contributed by atoms with Crippen LogP contribution >= 0.6 is 0 Å². The van der Waals surface area contributed by atoms with Crippen molar-refractivity contribution in [1.29, 1.82) is 0 Å². The van der Waals surface area contributed by atoms with Crippen molar-refractivity contribution >= 4 is 10.8 Å². The second-order valence-corrected chi connectivity index (χ2v) is 8.41. The van der Waals surface area contributed by atoms with Crippen LogP contribution in [0.25, 0.3) is 10.8 Å². The summed E-state index contributed by atoms with van der Waals surface area (Å²) >= 11 is 0. The monoisotopic (exact) mass is 454 g/mol. The van der Waals surface area contributed by atoms with E-state index in [0.717, 1.165) is 10.8 Å². The Balaban J connectivity index is 1.85. The lowest BCUT2D eigenvalue weighted by Gasteiger charge is -2.29. The molecule has 6 unspecified atom stereocenters. The van der Waals surface area contributed by atoms with Crippen LogP contribution in [0.5, 0.6) is 17.2 Å². The van der Waals surface area contributed by atoms with Crippen molar-refractivity contribution in [2.75, 3.05) is 0 Å². The number of hydrogen-bond donors (Lipinski definition) is 2. The number of benzene rings is 3. The first-order valence-corrected chi connectivity index (χ1v) is 11.3. The van der Waals surface area contributed by atoms with E-state index in [1.165, 1.54) is 0 Å². The molecular formula is C27H34O6. The minimum absolute atomic E-state index is 0.322. The van der Waals surface area contributed by atoms with Gasteiger partial charge in [0.15, 0.2) is 6.10 Å². The topological polar surface area (TPSA) is 77.4 Å². The number of ether oxygens (including phenoxy) is 4. The van der Waals surface area contributed by atoms with Gasteiger partial charge >= 0.3 is 0 Å². The van der Waals surface area contributed by atoms with E-state index in [9.17, 15) is 10.2 Å². The van der Waals surface area contributed by atoms with E-state index in [4.69, 9.17) is 18.9 Å². The van der Waals surface area contributed by atoms with Crippen molar-refractivity contribution in [2.24, 2.45) is 0 Å². The maximum atomic E-state index is 9.97. The zero-order valence-corrected chi connectivity index (χ0v) is 19.8. The van der Waals surface area contributed by atoms with Gasteiger partial charge in [-0.15, -0.1) is 0 Å². The van der Waals surface area contributed by atoms with E-state index in [1.807, 2.05) is 80.6 Å². The van der Waals surface area contributed by atoms with Gasteiger partial charge < -0.3 is 29.2 Å². The van der Waals surface area contributed by atoms with Crippen LogP contribution in [0.3, 0.4) is 0 Å². The molecule has 6 nitrogen and oxygen atoms in total. The highest BCUT2D eigenvalue weighted by Gasteiger charge is 2.27. The summed E-state index contributed by atoms with van der Waals surface area (Å²) in [6.45, 7) is 8.88. The molecule has 0 heterocycles. The predicted molar refractivity (Wildman–Crippen MR) is 129 cm³/mol. The van der Waals surface area contributed by atoms with Crippen LogP contribution in [0.1, 0.15) is 34.6 Å². The summed E-state index contributed by atoms with van der Waals surface area (Å²) in [7, 11) is 0. The van der Waals surface area contributed by atoms with Gasteiger partial charge in [-0.3, -0.25) is 0 Å². The van der Waals surface area contributed by atoms with Gasteiger partial charge in [-0.1, -0.05) is 30.3 Å². The lowest BCUT2D eigenvalue weighted by molar-refractivity contribution is -0.176. The van der Waals surface area contributed by atoms with E-state index in [-0.39, 0.29) is 6.10 Å². The highest BCUT2D eigenvalue weighted by molar-refractivity contribution is 5.89. The van der Waals surface area contributed by atoms with Crippen molar-refractivity contribution in [1.82, 2.24) is 0 Å². The van der Waals surface area contributed by atoms with Crippen molar-refractivity contribution in [3.8, 4) is 17.2 Å². The average Bonchev–Trinajstić information content (AvgIpc) is 2.79. The molecule has 0 fully saturated rings. The Hall–Kier alpha value is -2.80. The van der Waals surface area contributed by atoms with E-state index in [1.54, 1.807) is 20.8 Å². The third-order valence-electron chi connectivity index (χ3n) is 5.53. The van der Waals surface area contributed by atoms with Crippen LogP contribution in [-0.4, -0.2) is 47.0 Å². The first-order valence-electron chi connectivity index (χ1n) is 11.3. The molecular weight excluding hydrogens is 420 g/mol. The van der Waals surface area contributed by atoms with Gasteiger partial charge in [0.25, 0.3) is 0 Å². The Morgan fingerprint density at radius 1 is 0.606 bits per heavy atom. The fourth-order valence-electron chi connectivity index (χ4n) is 3.18. The van der Waals surface area contributed by atoms with E-state index in [0.29, 0.717) is 17.2 Å². The Morgan fingerprint density at radius 2 is 1.27 bits per heavy atom. The Bertz CT molecular complexity index is 1000. The average molecular weight is 455 g/mol. The van der Waals surface area contributed by atoms with E-state index in [2.05, 4.69) is 0 Å². The third-order valence-corrected chi connectivity index (χ3v) is 5.53. The fraction of sp³-hybridized carbons (Fsp3) is 0.407. The van der Waals surface area contributed by atoms with Gasteiger partial charge in [-0.2, -0.15) is 0 Å². The van der Waals surface area contributed by atoms with Gasteiger partial charge in [-0.05, 0) is 76.4 Å². The van der Waals surface area contributed by atoms with Gasteiger partial charge in [0.1, 0.15) is 23.4 Å². The highest BCUT2D eigenvalue weighted by Crippen LogP contribution is 2.31. The molecule has 0 aliphatic rings. The van der Waals surface area contributed by atoms with Crippen LogP contribution < -0.4 is 14.2 Å². The Kier molecular flexibility index (Phi) is 8.55. The normalized spacial score (nSPS) is 16.9. The molecule has 0 bridgehead atoms. The smallest absolute Gasteiger partial charge is 0.237 e. The summed E-state index contributed by atoms with van der Waals surface area (Å²) in [5, 5.41) is 21.5. The van der Waals surface area contributed by atoms with Gasteiger partial charge in [-0.25, -0.2) is 0 Å². The molecule has 0 aliphatic carbocycles. The minimum atomic E-state index is -0.758. The minimum Gasteiger partial charge on any atom is -0.488 e. The van der Waals surface area contributed by atoms with E-state index < -0.39 is 30.7 Å². The zero-order chi connectivity index (χ0) is 24.0. The maximum absolute atomic E-state index is 9.97. The second kappa shape index (κ2) is 11.4. The summed E-state index contributed by atoms with van der Waals surface area (Å²) in [6, 6.07) is 20.9. The Labute approximate surface area is 195 Å². The fourth-order valence-corrected chi connectivity index (χ4v) is 3.18. The van der Waals surface area contributed by atoms with Crippen LogP contribution in [0.2, 0.25) is 0 Å². The summed E-state index contributed by atoms with van der Waals surface area (Å²) in [5.41, 5.74) is 0. The third kappa shape index (κ3) is 6.84. The molecule has 3 aromatic carbocycles. The molecule has 6 atom stereocenters. The molecule has 0 spiro atoms. The first-order chi connectivity index (χ1) is 15.7. The predicted octanol–water partition coefficient (Wildman–Crippen LogP) is 4.95. The largest absolute Gasteiger partial charge is 0.488 e. The Morgan fingerprint density at radius 3 is 1.94 bits per heavy atom. The second-order valence-electron chi connectivity index (χ2n) is 8.41. The lowest BCUT2D eigenvalue weighted by Crippen LogP contribution is -2.41.